The zero-order valence-corrected chi connectivity index (χ0v) is 12.4. The first-order chi connectivity index (χ1) is 9.28. The highest BCUT2D eigenvalue weighted by Gasteiger charge is 2.17. The van der Waals surface area contributed by atoms with Crippen molar-refractivity contribution in [2.75, 3.05) is 6.54 Å². The summed E-state index contributed by atoms with van der Waals surface area (Å²) in [7, 11) is 0. The summed E-state index contributed by atoms with van der Waals surface area (Å²) in [5.41, 5.74) is 0.996. The fourth-order valence-corrected chi connectivity index (χ4v) is 1.46. The number of nitrogens with one attached hydrogen (secondary N) is 1. The van der Waals surface area contributed by atoms with Crippen LogP contribution in [0.25, 0.3) is 6.08 Å². The van der Waals surface area contributed by atoms with Gasteiger partial charge in [0.15, 0.2) is 0 Å². The van der Waals surface area contributed by atoms with Crippen molar-refractivity contribution >= 4 is 18.0 Å². The van der Waals surface area contributed by atoms with Crippen molar-refractivity contribution in [3.8, 4) is 0 Å². The Kier molecular flexibility index (Phi) is 5.50. The van der Waals surface area contributed by atoms with Crippen molar-refractivity contribution in [1.82, 2.24) is 5.32 Å². The lowest BCUT2D eigenvalue weighted by Gasteiger charge is -2.19. The van der Waals surface area contributed by atoms with Crippen LogP contribution in [-0.4, -0.2) is 24.0 Å². The predicted octanol–water partition coefficient (Wildman–Crippen LogP) is 2.79. The molecular weight excluding hydrogens is 254 g/mol. The van der Waals surface area contributed by atoms with Crippen LogP contribution in [0.3, 0.4) is 0 Å². The first-order valence-corrected chi connectivity index (χ1v) is 6.52. The van der Waals surface area contributed by atoms with E-state index < -0.39 is 5.60 Å². The lowest BCUT2D eigenvalue weighted by atomic mass is 10.1. The standard InChI is InChI=1S/C16H21NO3/c1-12(18)17-11-5-6-13-7-9-14(10-8-13)15(19)20-16(2,3)4/h5-10H,11H2,1-4H3,(H,17,18). The molecule has 0 radical (unpaired) electrons. The first kappa shape index (κ1) is 16.0. The highest BCUT2D eigenvalue weighted by atomic mass is 16.6. The molecule has 1 N–H and O–H groups in total. The van der Waals surface area contributed by atoms with Gasteiger partial charge in [-0.15, -0.1) is 0 Å². The lowest BCUT2D eigenvalue weighted by molar-refractivity contribution is -0.118. The normalized spacial score (nSPS) is 11.4. The van der Waals surface area contributed by atoms with E-state index in [1.807, 2.05) is 45.1 Å². The Hall–Kier alpha value is -2.10. The van der Waals surface area contributed by atoms with E-state index in [4.69, 9.17) is 4.74 Å². The SMILES string of the molecule is CC(=O)NCC=Cc1ccc(C(=O)OC(C)(C)C)cc1. The average Bonchev–Trinajstić information content (AvgIpc) is 2.33. The molecule has 0 spiro atoms. The molecule has 20 heavy (non-hydrogen) atoms. The summed E-state index contributed by atoms with van der Waals surface area (Å²) in [6.07, 6.45) is 3.73. The van der Waals surface area contributed by atoms with Crippen LogP contribution in [0.1, 0.15) is 43.6 Å². The van der Waals surface area contributed by atoms with Gasteiger partial charge in [-0.25, -0.2) is 4.79 Å². The number of amides is 1. The molecule has 0 aliphatic rings. The Morgan fingerprint density at radius 1 is 1.20 bits per heavy atom. The van der Waals surface area contributed by atoms with E-state index in [1.54, 1.807) is 12.1 Å². The zero-order chi connectivity index (χ0) is 15.2. The molecule has 0 fully saturated rings. The third-order valence-corrected chi connectivity index (χ3v) is 2.32. The van der Waals surface area contributed by atoms with Gasteiger partial charge < -0.3 is 10.1 Å². The second-order valence-corrected chi connectivity index (χ2v) is 5.46. The van der Waals surface area contributed by atoms with Crippen molar-refractivity contribution in [2.45, 2.75) is 33.3 Å². The minimum absolute atomic E-state index is 0.0603. The number of carbonyl (C=O) groups excluding carboxylic acids is 2. The summed E-state index contributed by atoms with van der Waals surface area (Å²) >= 11 is 0. The summed E-state index contributed by atoms with van der Waals surface area (Å²) in [6.45, 7) is 7.48. The molecular formula is C16H21NO3. The number of benzene rings is 1. The van der Waals surface area contributed by atoms with Crippen LogP contribution in [0.2, 0.25) is 0 Å². The maximum atomic E-state index is 11.8. The van der Waals surface area contributed by atoms with Crippen molar-refractivity contribution in [2.24, 2.45) is 0 Å². The molecule has 0 aromatic heterocycles. The van der Waals surface area contributed by atoms with Crippen molar-refractivity contribution < 1.29 is 14.3 Å². The summed E-state index contributed by atoms with van der Waals surface area (Å²) in [5, 5.41) is 2.67. The molecule has 0 saturated heterocycles. The summed E-state index contributed by atoms with van der Waals surface area (Å²) in [4.78, 5) is 22.5. The van der Waals surface area contributed by atoms with Crippen molar-refractivity contribution in [3.63, 3.8) is 0 Å². The molecule has 1 aromatic rings. The van der Waals surface area contributed by atoms with Crippen LogP contribution in [0.15, 0.2) is 30.3 Å². The molecule has 1 aromatic carbocycles. The largest absolute Gasteiger partial charge is 0.456 e. The molecule has 0 unspecified atom stereocenters. The van der Waals surface area contributed by atoms with E-state index >= 15 is 0 Å². The second-order valence-electron chi connectivity index (χ2n) is 5.46. The molecule has 0 bridgehead atoms. The van der Waals surface area contributed by atoms with Crippen molar-refractivity contribution in [1.29, 1.82) is 0 Å². The Bertz CT molecular complexity index is 495. The van der Waals surface area contributed by atoms with E-state index in [9.17, 15) is 9.59 Å². The Balaban J connectivity index is 2.60. The van der Waals surface area contributed by atoms with Crippen LogP contribution in [-0.2, 0) is 9.53 Å². The highest BCUT2D eigenvalue weighted by molar-refractivity contribution is 5.89. The van der Waals surface area contributed by atoms with Gasteiger partial charge in [0.05, 0.1) is 5.56 Å². The van der Waals surface area contributed by atoms with Gasteiger partial charge in [-0.3, -0.25) is 4.79 Å². The number of carbonyl (C=O) groups is 2. The second kappa shape index (κ2) is 6.89. The third kappa shape index (κ3) is 6.18. The van der Waals surface area contributed by atoms with Crippen LogP contribution >= 0.6 is 0 Å². The molecule has 4 nitrogen and oxygen atoms in total. The first-order valence-electron chi connectivity index (χ1n) is 6.52. The maximum Gasteiger partial charge on any atom is 0.338 e. The summed E-state index contributed by atoms with van der Waals surface area (Å²) < 4.78 is 5.28. The van der Waals surface area contributed by atoms with Crippen molar-refractivity contribution in [3.05, 3.63) is 41.5 Å². The van der Waals surface area contributed by atoms with Gasteiger partial charge in [-0.05, 0) is 38.5 Å². The number of ether oxygens (including phenoxy) is 1. The number of esters is 1. The van der Waals surface area contributed by atoms with Gasteiger partial charge in [0.2, 0.25) is 5.91 Å². The van der Waals surface area contributed by atoms with E-state index in [0.29, 0.717) is 12.1 Å². The number of rotatable bonds is 4. The van der Waals surface area contributed by atoms with E-state index in [1.165, 1.54) is 6.92 Å². The Morgan fingerprint density at radius 3 is 2.30 bits per heavy atom. The minimum Gasteiger partial charge on any atom is -0.456 e. The van der Waals surface area contributed by atoms with Crippen LogP contribution in [0.5, 0.6) is 0 Å². The molecule has 4 heteroatoms. The maximum absolute atomic E-state index is 11.8. The smallest absolute Gasteiger partial charge is 0.338 e. The average molecular weight is 275 g/mol. The van der Waals surface area contributed by atoms with Gasteiger partial charge in [-0.1, -0.05) is 24.3 Å². The molecule has 0 atom stereocenters. The Labute approximate surface area is 119 Å². The van der Waals surface area contributed by atoms with E-state index in [0.717, 1.165) is 5.56 Å². The number of hydrogen-bond donors (Lipinski definition) is 1. The molecule has 1 amide bonds. The summed E-state index contributed by atoms with van der Waals surface area (Å²) in [5.74, 6) is -0.388. The molecule has 0 aliphatic carbocycles. The van der Waals surface area contributed by atoms with Gasteiger partial charge in [0, 0.05) is 13.5 Å². The third-order valence-electron chi connectivity index (χ3n) is 2.32. The van der Waals surface area contributed by atoms with Gasteiger partial charge in [-0.2, -0.15) is 0 Å². The van der Waals surface area contributed by atoms with Gasteiger partial charge in [0.25, 0.3) is 0 Å². The van der Waals surface area contributed by atoms with Crippen LogP contribution in [0.4, 0.5) is 0 Å². The fraction of sp³-hybridized carbons (Fsp3) is 0.375. The molecule has 0 heterocycles. The van der Waals surface area contributed by atoms with Crippen LogP contribution < -0.4 is 5.32 Å². The van der Waals surface area contributed by atoms with E-state index in [-0.39, 0.29) is 11.9 Å². The summed E-state index contributed by atoms with van der Waals surface area (Å²) in [6, 6.07) is 7.13. The zero-order valence-electron chi connectivity index (χ0n) is 12.4. The number of hydrogen-bond acceptors (Lipinski definition) is 3. The quantitative estimate of drug-likeness (QED) is 0.860. The van der Waals surface area contributed by atoms with Gasteiger partial charge in [0.1, 0.15) is 5.60 Å². The Morgan fingerprint density at radius 2 is 1.80 bits per heavy atom. The fourth-order valence-electron chi connectivity index (χ4n) is 1.46. The van der Waals surface area contributed by atoms with E-state index in [2.05, 4.69) is 5.32 Å². The monoisotopic (exact) mass is 275 g/mol. The molecule has 1 rings (SSSR count). The molecule has 108 valence electrons. The minimum atomic E-state index is -0.492. The van der Waals surface area contributed by atoms with Gasteiger partial charge >= 0.3 is 5.97 Å². The molecule has 0 saturated carbocycles. The predicted molar refractivity (Wildman–Crippen MR) is 79.3 cm³/mol. The lowest BCUT2D eigenvalue weighted by Crippen LogP contribution is -2.23. The molecule has 0 aliphatic heterocycles. The topological polar surface area (TPSA) is 55.4 Å². The highest BCUT2D eigenvalue weighted by Crippen LogP contribution is 2.13. The van der Waals surface area contributed by atoms with Crippen LogP contribution in [0, 0.1) is 0 Å².